The van der Waals surface area contributed by atoms with Gasteiger partial charge in [-0.15, -0.1) is 0 Å². The molecule has 1 aliphatic heterocycles. The first-order chi connectivity index (χ1) is 5.36. The summed E-state index contributed by atoms with van der Waals surface area (Å²) in [5, 5.41) is 0. The third-order valence-corrected chi connectivity index (χ3v) is 2.10. The van der Waals surface area contributed by atoms with E-state index in [1.54, 1.807) is 0 Å². The Morgan fingerprint density at radius 2 is 1.73 bits per heavy atom. The van der Waals surface area contributed by atoms with Crippen LogP contribution in [-0.2, 0) is 0 Å². The lowest BCUT2D eigenvalue weighted by atomic mass is 10.1. The molecule has 1 fully saturated rings. The maximum Gasteiger partial charge on any atom is 0.0366 e. The second kappa shape index (κ2) is 2.57. The highest BCUT2D eigenvalue weighted by molar-refractivity contribution is 5.50. The molecule has 0 aliphatic carbocycles. The summed E-state index contributed by atoms with van der Waals surface area (Å²) in [6.07, 6.45) is 2.28. The van der Waals surface area contributed by atoms with Gasteiger partial charge >= 0.3 is 0 Å². The molecule has 11 heavy (non-hydrogen) atoms. The first-order valence-corrected chi connectivity index (χ1v) is 3.99. The van der Waals surface area contributed by atoms with Gasteiger partial charge in [0.1, 0.15) is 0 Å². The van der Waals surface area contributed by atoms with E-state index in [4.69, 9.17) is 0 Å². The SMILES string of the molecule is Cc1ccc(N2C[CH]C2)cc1. The zero-order valence-corrected chi connectivity index (χ0v) is 6.75. The molecule has 1 heterocycles. The molecule has 0 unspecified atom stereocenters. The van der Waals surface area contributed by atoms with Gasteiger partial charge in [-0.1, -0.05) is 17.7 Å². The van der Waals surface area contributed by atoms with Crippen molar-refractivity contribution >= 4 is 5.69 Å². The van der Waals surface area contributed by atoms with Crippen LogP contribution >= 0.6 is 0 Å². The lowest BCUT2D eigenvalue weighted by molar-refractivity contribution is 0.763. The molecular formula is C10H12N. The van der Waals surface area contributed by atoms with E-state index in [0.29, 0.717) is 0 Å². The quantitative estimate of drug-likeness (QED) is 0.586. The number of hydrogen-bond acceptors (Lipinski definition) is 1. The van der Waals surface area contributed by atoms with Crippen LogP contribution in [0.15, 0.2) is 24.3 Å². The van der Waals surface area contributed by atoms with Gasteiger partial charge in [-0.25, -0.2) is 0 Å². The van der Waals surface area contributed by atoms with E-state index in [1.165, 1.54) is 11.3 Å². The van der Waals surface area contributed by atoms with Crippen molar-refractivity contribution in [1.82, 2.24) is 0 Å². The molecule has 57 valence electrons. The summed E-state index contributed by atoms with van der Waals surface area (Å²) in [6.45, 7) is 4.35. The summed E-state index contributed by atoms with van der Waals surface area (Å²) in [5.41, 5.74) is 2.68. The molecule has 0 N–H and O–H groups in total. The largest absolute Gasteiger partial charge is 0.371 e. The van der Waals surface area contributed by atoms with E-state index in [-0.39, 0.29) is 0 Å². The van der Waals surface area contributed by atoms with Gasteiger partial charge in [0.2, 0.25) is 0 Å². The van der Waals surface area contributed by atoms with Gasteiger partial charge in [0.05, 0.1) is 0 Å². The fourth-order valence-corrected chi connectivity index (χ4v) is 1.22. The van der Waals surface area contributed by atoms with Crippen LogP contribution in [0, 0.1) is 13.3 Å². The fourth-order valence-electron chi connectivity index (χ4n) is 1.22. The van der Waals surface area contributed by atoms with Crippen LogP contribution in [-0.4, -0.2) is 13.1 Å². The topological polar surface area (TPSA) is 3.24 Å². The van der Waals surface area contributed by atoms with E-state index in [1.807, 2.05) is 0 Å². The molecular weight excluding hydrogens is 134 g/mol. The van der Waals surface area contributed by atoms with Gasteiger partial charge in [-0.05, 0) is 19.1 Å². The van der Waals surface area contributed by atoms with Crippen LogP contribution in [0.25, 0.3) is 0 Å². The maximum absolute atomic E-state index is 2.35. The van der Waals surface area contributed by atoms with E-state index < -0.39 is 0 Å². The van der Waals surface area contributed by atoms with Gasteiger partial charge in [0.25, 0.3) is 0 Å². The highest BCUT2D eigenvalue weighted by atomic mass is 15.2. The summed E-state index contributed by atoms with van der Waals surface area (Å²) in [7, 11) is 0. The normalized spacial score (nSPS) is 16.3. The van der Waals surface area contributed by atoms with E-state index >= 15 is 0 Å². The number of nitrogens with zero attached hydrogens (tertiary/aromatic N) is 1. The average molecular weight is 146 g/mol. The third kappa shape index (κ3) is 1.23. The van der Waals surface area contributed by atoms with Crippen molar-refractivity contribution in [3.63, 3.8) is 0 Å². The number of hydrogen-bond donors (Lipinski definition) is 0. The van der Waals surface area contributed by atoms with Crippen LogP contribution < -0.4 is 4.90 Å². The molecule has 1 aromatic carbocycles. The van der Waals surface area contributed by atoms with Crippen molar-refractivity contribution in [3.05, 3.63) is 36.2 Å². The molecule has 1 saturated heterocycles. The van der Waals surface area contributed by atoms with Crippen LogP contribution in [0.3, 0.4) is 0 Å². The minimum atomic E-state index is 1.11. The molecule has 0 spiro atoms. The van der Waals surface area contributed by atoms with Gasteiger partial charge in [-0.3, -0.25) is 0 Å². The predicted molar refractivity (Wildman–Crippen MR) is 47.7 cm³/mol. The number of aryl methyl sites for hydroxylation is 1. The molecule has 1 radical (unpaired) electrons. The highest BCUT2D eigenvalue weighted by Gasteiger charge is 2.13. The molecule has 2 rings (SSSR count). The van der Waals surface area contributed by atoms with Crippen molar-refractivity contribution in [2.75, 3.05) is 18.0 Å². The van der Waals surface area contributed by atoms with Gasteiger partial charge in [0, 0.05) is 25.2 Å². The summed E-state index contributed by atoms with van der Waals surface area (Å²) in [4.78, 5) is 2.35. The van der Waals surface area contributed by atoms with E-state index in [9.17, 15) is 0 Å². The van der Waals surface area contributed by atoms with Crippen LogP contribution in [0.5, 0.6) is 0 Å². The number of rotatable bonds is 1. The lowest BCUT2D eigenvalue weighted by Gasteiger charge is -2.32. The Hall–Kier alpha value is -0.980. The third-order valence-electron chi connectivity index (χ3n) is 2.10. The minimum Gasteiger partial charge on any atom is -0.371 e. The molecule has 0 aromatic heterocycles. The van der Waals surface area contributed by atoms with Crippen molar-refractivity contribution < 1.29 is 0 Å². The zero-order valence-electron chi connectivity index (χ0n) is 6.75. The number of benzene rings is 1. The van der Waals surface area contributed by atoms with Gasteiger partial charge < -0.3 is 4.90 Å². The van der Waals surface area contributed by atoms with Crippen LogP contribution in [0.2, 0.25) is 0 Å². The smallest absolute Gasteiger partial charge is 0.0366 e. The fraction of sp³-hybridized carbons (Fsp3) is 0.300. The van der Waals surface area contributed by atoms with Gasteiger partial charge in [0.15, 0.2) is 0 Å². The van der Waals surface area contributed by atoms with Gasteiger partial charge in [-0.2, -0.15) is 0 Å². The zero-order chi connectivity index (χ0) is 7.68. The lowest BCUT2D eigenvalue weighted by Crippen LogP contribution is -2.37. The van der Waals surface area contributed by atoms with Crippen LogP contribution in [0.1, 0.15) is 5.56 Å². The number of anilines is 1. The summed E-state index contributed by atoms with van der Waals surface area (Å²) in [6, 6.07) is 8.69. The first-order valence-electron chi connectivity index (χ1n) is 3.99. The second-order valence-electron chi connectivity index (χ2n) is 3.03. The van der Waals surface area contributed by atoms with Crippen molar-refractivity contribution in [3.8, 4) is 0 Å². The highest BCUT2D eigenvalue weighted by Crippen LogP contribution is 2.19. The Bertz CT molecular complexity index is 234. The molecule has 0 saturated carbocycles. The van der Waals surface area contributed by atoms with Crippen molar-refractivity contribution in [2.45, 2.75) is 6.92 Å². The molecule has 0 amide bonds. The Labute approximate surface area is 67.6 Å². The second-order valence-corrected chi connectivity index (χ2v) is 3.03. The Morgan fingerprint density at radius 1 is 1.09 bits per heavy atom. The summed E-state index contributed by atoms with van der Waals surface area (Å²) >= 11 is 0. The molecule has 0 bridgehead atoms. The Morgan fingerprint density at radius 3 is 2.18 bits per heavy atom. The first kappa shape index (κ1) is 6.71. The Kier molecular flexibility index (Phi) is 1.57. The molecule has 1 aromatic rings. The Balaban J connectivity index is 2.18. The standard InChI is InChI=1S/C10H12N/c1-9-3-5-10(6-4-9)11-7-2-8-11/h2-6H,7-8H2,1H3. The van der Waals surface area contributed by atoms with Crippen molar-refractivity contribution in [2.24, 2.45) is 0 Å². The molecule has 1 aliphatic rings. The monoisotopic (exact) mass is 146 g/mol. The predicted octanol–water partition coefficient (Wildman–Crippen LogP) is 2.02. The molecule has 1 heteroatoms. The summed E-state index contributed by atoms with van der Waals surface area (Å²) in [5.74, 6) is 0. The summed E-state index contributed by atoms with van der Waals surface area (Å²) < 4.78 is 0. The van der Waals surface area contributed by atoms with E-state index in [2.05, 4.69) is 42.5 Å². The molecule has 0 atom stereocenters. The van der Waals surface area contributed by atoms with Crippen LogP contribution in [0.4, 0.5) is 5.69 Å². The average Bonchev–Trinajstić information content (AvgIpc) is 1.90. The maximum atomic E-state index is 2.35. The molecule has 1 nitrogen and oxygen atoms in total. The van der Waals surface area contributed by atoms with Crippen molar-refractivity contribution in [1.29, 1.82) is 0 Å². The van der Waals surface area contributed by atoms with E-state index in [0.717, 1.165) is 13.1 Å². The minimum absolute atomic E-state index is 1.11.